The standard InChI is InChI=1S/C32H42N7O9P.C27H33N6O8P/c1-19(2)25(34)30(42)37-29-24-15-14-23(39(24)36-18-35-29)27-26(40)28(41)32(16-33,47-27)17-45-49(44,48-22-12-8-5-9-13-22)38-20(3)31(43)46-21-10-6-4-7-11-21;1-17(26(36)39-18-8-4-2-5-9-18)32-42(37,41-19-10-6-3-7-11-19)38-15-27(14-28)24(35)22(34)23(40-27)20-12-13-21-25(29)30-16-31-33(20)21/h5,8-9,12-15,18-21,25-28,40-41H,4,6-7,10-11,17,34H2,1-3H3,(H,38,44)(H,35,36,37,42);3,6-7,10-13,16-18,22-24,34-35H,2,4-5,8-9,15H2,1H3,(H,32,37)(H2,29,30,31)/t20-,25-,26-,27-,28-,32+,49?;17-,22-,23-,24-,27+,42?/m00/s1. The van der Waals surface area contributed by atoms with Gasteiger partial charge >= 0.3 is 27.4 Å². The summed E-state index contributed by atoms with van der Waals surface area (Å²) in [5.41, 5.74) is 8.73. The molecule has 11 N–H and O–H groups in total. The third-order valence-corrected chi connectivity index (χ3v) is 19.3. The summed E-state index contributed by atoms with van der Waals surface area (Å²) >= 11 is 0. The lowest BCUT2D eigenvalue weighted by Crippen LogP contribution is -2.46. The summed E-state index contributed by atoms with van der Waals surface area (Å²) in [6.45, 7) is 4.89. The zero-order valence-corrected chi connectivity index (χ0v) is 52.2. The molecule has 10 rings (SSSR count). The monoisotopic (exact) mass is 1300 g/mol. The Kier molecular flexibility index (Phi) is 21.9. The maximum Gasteiger partial charge on any atom is 0.459 e. The zero-order valence-electron chi connectivity index (χ0n) is 50.4. The van der Waals surface area contributed by atoms with Crippen molar-refractivity contribution in [3.8, 4) is 23.6 Å². The Labute approximate surface area is 523 Å². The summed E-state index contributed by atoms with van der Waals surface area (Å²) in [4.78, 5) is 46.5. The first-order chi connectivity index (χ1) is 43.5. The van der Waals surface area contributed by atoms with Crippen LogP contribution >= 0.6 is 15.5 Å². The number of esters is 2. The SMILES string of the molecule is CC(C)[C@H](N)C(=O)Nc1ncnn2c([C@@H]3O[C@](C#N)(COP(=O)(N[C@@H](C)C(=O)OC4CCCCC4)Oc4ccccc4)[C@@H](O)[C@H]3O)ccc12.C[C@H](NP(=O)(OC[C@@]1(C#N)O[C@@H](c2ccc3c(N)ncnn23)[C@H](O)[C@@H]1O)Oc1ccccc1)C(=O)OC1CCCCC1. The number of aromatic nitrogens is 6. The molecule has 6 aromatic rings. The van der Waals surface area contributed by atoms with Gasteiger partial charge in [-0.3, -0.25) is 23.4 Å². The highest BCUT2D eigenvalue weighted by Gasteiger charge is 2.59. The molecule has 4 aromatic heterocycles. The number of nitrogens with one attached hydrogen (secondary N) is 3. The second kappa shape index (κ2) is 29.4. The van der Waals surface area contributed by atoms with Gasteiger partial charge in [0.1, 0.15) is 121 Å². The van der Waals surface area contributed by atoms with E-state index >= 15 is 0 Å². The molecular weight excluding hydrogens is 1220 g/mol. The van der Waals surface area contributed by atoms with Crippen molar-refractivity contribution in [2.45, 2.75) is 170 Å². The van der Waals surface area contributed by atoms with Gasteiger partial charge in [-0.2, -0.15) is 30.9 Å². The molecule has 2 aliphatic carbocycles. The number of nitrogens with zero attached hydrogens (tertiary/aromatic N) is 8. The van der Waals surface area contributed by atoms with Crippen molar-refractivity contribution >= 4 is 56.0 Å². The van der Waals surface area contributed by atoms with Crippen LogP contribution < -0.4 is 36.0 Å². The van der Waals surface area contributed by atoms with Crippen molar-refractivity contribution < 1.29 is 81.0 Å². The summed E-state index contributed by atoms with van der Waals surface area (Å²) in [6.07, 6.45) is 1.43. The molecule has 4 aliphatic rings. The highest BCUT2D eigenvalue weighted by atomic mass is 31.2. The maximum atomic E-state index is 14.2. The summed E-state index contributed by atoms with van der Waals surface area (Å²) < 4.78 is 76.7. The first-order valence-corrected chi connectivity index (χ1v) is 32.9. The fourth-order valence-corrected chi connectivity index (χ4v) is 13.8. The molecule has 91 heavy (non-hydrogen) atoms. The molecule has 32 heteroatoms. The van der Waals surface area contributed by atoms with Crippen LogP contribution in [0, 0.1) is 28.6 Å². The van der Waals surface area contributed by atoms with Gasteiger partial charge in [-0.15, -0.1) is 0 Å². The van der Waals surface area contributed by atoms with Crippen LogP contribution in [-0.4, -0.2) is 147 Å². The van der Waals surface area contributed by atoms with Crippen LogP contribution in [0.2, 0.25) is 0 Å². The lowest BCUT2D eigenvalue weighted by Gasteiger charge is -2.29. The Morgan fingerprint density at radius 1 is 0.648 bits per heavy atom. The van der Waals surface area contributed by atoms with Crippen LogP contribution in [0.5, 0.6) is 11.5 Å². The highest BCUT2D eigenvalue weighted by Crippen LogP contribution is 2.51. The van der Waals surface area contributed by atoms with Crippen LogP contribution in [0.25, 0.3) is 11.0 Å². The van der Waals surface area contributed by atoms with Crippen molar-refractivity contribution in [1.82, 2.24) is 39.4 Å². The molecule has 2 aromatic carbocycles. The summed E-state index contributed by atoms with van der Waals surface area (Å²) in [5, 5.41) is 80.7. The van der Waals surface area contributed by atoms with Gasteiger partial charge in [-0.25, -0.2) is 28.1 Å². The predicted octanol–water partition coefficient (Wildman–Crippen LogP) is 5.19. The van der Waals surface area contributed by atoms with Crippen molar-refractivity contribution in [2.24, 2.45) is 11.7 Å². The number of amides is 1. The number of fused-ring (bicyclic) bond motifs is 2. The van der Waals surface area contributed by atoms with E-state index in [1.54, 1.807) is 68.4 Å². The molecule has 0 radical (unpaired) electrons. The summed E-state index contributed by atoms with van der Waals surface area (Å²) in [7, 11) is -8.87. The molecule has 2 unspecified atom stereocenters. The molecule has 2 saturated carbocycles. The number of hydrogen-bond acceptors (Lipinski definition) is 25. The molecule has 1 amide bonds. The Morgan fingerprint density at radius 2 is 1.07 bits per heavy atom. The minimum absolute atomic E-state index is 0.132. The zero-order chi connectivity index (χ0) is 65.3. The first kappa shape index (κ1) is 67.9. The molecule has 2 aliphatic heterocycles. The van der Waals surface area contributed by atoms with Crippen LogP contribution in [-0.2, 0) is 51.5 Å². The number of aliphatic hydroxyl groups excluding tert-OH is 4. The lowest BCUT2D eigenvalue weighted by atomic mass is 9.96. The number of aliphatic hydroxyl groups is 4. The molecule has 0 spiro atoms. The van der Waals surface area contributed by atoms with Crippen molar-refractivity contribution in [3.63, 3.8) is 0 Å². The van der Waals surface area contributed by atoms with E-state index in [1.165, 1.54) is 65.9 Å². The smallest absolute Gasteiger partial charge is 0.459 e. The Bertz CT molecular complexity index is 3680. The minimum atomic E-state index is -4.46. The van der Waals surface area contributed by atoms with E-state index in [4.69, 9.17) is 48.5 Å². The summed E-state index contributed by atoms with van der Waals surface area (Å²) in [6, 6.07) is 23.1. The van der Waals surface area contributed by atoms with Crippen LogP contribution in [0.3, 0.4) is 0 Å². The van der Waals surface area contributed by atoms with E-state index in [-0.39, 0.29) is 47.0 Å². The van der Waals surface area contributed by atoms with Crippen LogP contribution in [0.1, 0.15) is 115 Å². The maximum absolute atomic E-state index is 14.2. The van der Waals surface area contributed by atoms with E-state index in [1.807, 2.05) is 12.1 Å². The van der Waals surface area contributed by atoms with E-state index < -0.39 is 113 Å². The number of para-hydroxylation sites is 2. The predicted molar refractivity (Wildman–Crippen MR) is 323 cm³/mol. The van der Waals surface area contributed by atoms with Gasteiger partial charge in [-0.1, -0.05) is 63.1 Å². The van der Waals surface area contributed by atoms with Gasteiger partial charge in [0.25, 0.3) is 0 Å². The number of ether oxygens (including phenoxy) is 4. The second-order valence-corrected chi connectivity index (χ2v) is 26.4. The van der Waals surface area contributed by atoms with Crippen molar-refractivity contribution in [3.05, 3.63) is 109 Å². The van der Waals surface area contributed by atoms with Crippen LogP contribution in [0.15, 0.2) is 97.6 Å². The molecule has 30 nitrogen and oxygen atoms in total. The third kappa shape index (κ3) is 15.7. The number of carbonyl (C=O) groups excluding carboxylic acids is 3. The fourth-order valence-electron chi connectivity index (χ4n) is 10.8. The first-order valence-electron chi connectivity index (χ1n) is 29.8. The summed E-state index contributed by atoms with van der Waals surface area (Å²) in [5.74, 6) is -1.25. The van der Waals surface area contributed by atoms with E-state index in [0.29, 0.717) is 16.7 Å². The molecule has 6 heterocycles. The number of hydrogen-bond donors (Lipinski definition) is 9. The van der Waals surface area contributed by atoms with Gasteiger partial charge in [-0.05, 0) is 120 Å². The van der Waals surface area contributed by atoms with E-state index in [9.17, 15) is 54.5 Å². The Hall–Kier alpha value is -7.51. The van der Waals surface area contributed by atoms with Gasteiger partial charge in [0.05, 0.1) is 17.4 Å². The number of rotatable bonds is 23. The second-order valence-electron chi connectivity index (χ2n) is 23.0. The normalized spacial score (nSPS) is 26.0. The minimum Gasteiger partial charge on any atom is -0.461 e. The average molecular weight is 1300 g/mol. The molecule has 0 bridgehead atoms. The number of benzene rings is 2. The Balaban J connectivity index is 0.000000218. The number of anilines is 2. The topological polar surface area (TPSA) is 436 Å². The van der Waals surface area contributed by atoms with Gasteiger partial charge in [0, 0.05) is 0 Å². The molecule has 4 fully saturated rings. The quantitative estimate of drug-likeness (QED) is 0.0294. The van der Waals surface area contributed by atoms with Crippen molar-refractivity contribution in [1.29, 1.82) is 10.5 Å². The number of nitrogen functional groups attached to an aromatic ring is 1. The number of carbonyl (C=O) groups is 3. The largest absolute Gasteiger partial charge is 0.461 e. The third-order valence-electron chi connectivity index (χ3n) is 16.0. The van der Waals surface area contributed by atoms with Crippen LogP contribution in [0.4, 0.5) is 11.6 Å². The number of nitriles is 2. The molecule has 2 saturated heterocycles. The van der Waals surface area contributed by atoms with E-state index in [2.05, 4.69) is 35.7 Å². The highest BCUT2D eigenvalue weighted by molar-refractivity contribution is 7.52. The van der Waals surface area contributed by atoms with Crippen molar-refractivity contribution in [2.75, 3.05) is 24.3 Å². The molecular formula is C59H75N13O17P2. The Morgan fingerprint density at radius 3 is 1.49 bits per heavy atom. The lowest BCUT2D eigenvalue weighted by molar-refractivity contribution is -0.153. The molecule has 488 valence electrons. The van der Waals surface area contributed by atoms with E-state index in [0.717, 1.165) is 64.2 Å². The molecule has 13 atom stereocenters. The number of nitrogens with two attached hydrogens (primary N) is 2. The van der Waals surface area contributed by atoms with Gasteiger partial charge in [0.2, 0.25) is 17.1 Å². The fraction of sp³-hybridized carbons (Fsp3) is 0.508. The van der Waals surface area contributed by atoms with Gasteiger partial charge in [0.15, 0.2) is 11.6 Å². The van der Waals surface area contributed by atoms with Gasteiger partial charge < -0.3 is 65.2 Å². The average Bonchev–Trinajstić information content (AvgIpc) is 1.61.